The summed E-state index contributed by atoms with van der Waals surface area (Å²) >= 11 is 0. The maximum Gasteiger partial charge on any atom is 0.267 e. The van der Waals surface area contributed by atoms with Crippen LogP contribution >= 0.6 is 0 Å². The van der Waals surface area contributed by atoms with E-state index in [9.17, 15) is 9.59 Å². The molecule has 0 spiro atoms. The standard InChI is InChI=1S/C13H19N3O2/c1-2-16-8-4-5-10(16)9-14-13(18)11-6-3-7-12(17)15-11/h3,6-7,10H,2,4-5,8-9H2,1H3,(H,14,18)(H,15,17). The molecule has 0 aliphatic carbocycles. The van der Waals surface area contributed by atoms with Crippen LogP contribution in [0.2, 0.25) is 0 Å². The van der Waals surface area contributed by atoms with Crippen molar-refractivity contribution in [2.75, 3.05) is 19.6 Å². The van der Waals surface area contributed by atoms with Crippen molar-refractivity contribution in [1.29, 1.82) is 0 Å². The highest BCUT2D eigenvalue weighted by Gasteiger charge is 2.23. The number of hydrogen-bond donors (Lipinski definition) is 2. The van der Waals surface area contributed by atoms with Gasteiger partial charge in [-0.25, -0.2) is 0 Å². The van der Waals surface area contributed by atoms with Crippen LogP contribution in [0, 0.1) is 0 Å². The van der Waals surface area contributed by atoms with Crippen LogP contribution in [0.15, 0.2) is 23.0 Å². The molecule has 2 heterocycles. The highest BCUT2D eigenvalue weighted by Crippen LogP contribution is 2.15. The first-order valence-electron chi connectivity index (χ1n) is 6.42. The lowest BCUT2D eigenvalue weighted by Gasteiger charge is -2.22. The quantitative estimate of drug-likeness (QED) is 0.820. The molecule has 1 saturated heterocycles. The first-order valence-corrected chi connectivity index (χ1v) is 6.42. The maximum absolute atomic E-state index is 11.8. The molecule has 1 unspecified atom stereocenters. The predicted molar refractivity (Wildman–Crippen MR) is 69.7 cm³/mol. The van der Waals surface area contributed by atoms with Crippen molar-refractivity contribution in [3.8, 4) is 0 Å². The third-order valence-electron chi connectivity index (χ3n) is 3.42. The summed E-state index contributed by atoms with van der Waals surface area (Å²) in [4.78, 5) is 27.9. The van der Waals surface area contributed by atoms with E-state index in [1.54, 1.807) is 12.1 Å². The van der Waals surface area contributed by atoms with E-state index < -0.39 is 0 Å². The maximum atomic E-state index is 11.8. The van der Waals surface area contributed by atoms with Gasteiger partial charge in [0.05, 0.1) is 0 Å². The summed E-state index contributed by atoms with van der Waals surface area (Å²) in [5, 5.41) is 2.88. The molecule has 0 radical (unpaired) electrons. The molecule has 18 heavy (non-hydrogen) atoms. The predicted octanol–water partition coefficient (Wildman–Crippen LogP) is 0.589. The van der Waals surface area contributed by atoms with E-state index in [1.807, 2.05) is 0 Å². The second-order valence-electron chi connectivity index (χ2n) is 4.56. The largest absolute Gasteiger partial charge is 0.349 e. The van der Waals surface area contributed by atoms with Crippen molar-refractivity contribution in [1.82, 2.24) is 15.2 Å². The highest BCUT2D eigenvalue weighted by atomic mass is 16.2. The zero-order valence-electron chi connectivity index (χ0n) is 10.6. The summed E-state index contributed by atoms with van der Waals surface area (Å²) in [5.41, 5.74) is 0.0715. The van der Waals surface area contributed by atoms with Crippen LogP contribution in [0.5, 0.6) is 0 Å². The van der Waals surface area contributed by atoms with Crippen molar-refractivity contribution < 1.29 is 4.79 Å². The van der Waals surface area contributed by atoms with E-state index in [0.717, 1.165) is 19.5 Å². The lowest BCUT2D eigenvalue weighted by Crippen LogP contribution is -2.40. The molecule has 1 aromatic rings. The molecular weight excluding hydrogens is 230 g/mol. The third kappa shape index (κ3) is 2.98. The van der Waals surface area contributed by atoms with Gasteiger partial charge in [0, 0.05) is 18.7 Å². The molecule has 98 valence electrons. The number of carbonyl (C=O) groups excluding carboxylic acids is 1. The monoisotopic (exact) mass is 249 g/mol. The minimum absolute atomic E-state index is 0.212. The van der Waals surface area contributed by atoms with Crippen LogP contribution in [0.25, 0.3) is 0 Å². The summed E-state index contributed by atoms with van der Waals surface area (Å²) < 4.78 is 0. The van der Waals surface area contributed by atoms with Gasteiger partial charge in [0.2, 0.25) is 5.56 Å². The molecule has 2 N–H and O–H groups in total. The molecule has 1 aliphatic heterocycles. The number of pyridine rings is 1. The van der Waals surface area contributed by atoms with Gasteiger partial charge < -0.3 is 10.3 Å². The van der Waals surface area contributed by atoms with E-state index in [4.69, 9.17) is 0 Å². The molecule has 5 nitrogen and oxygen atoms in total. The number of likely N-dealkylation sites (tertiary alicyclic amines) is 1. The molecule has 1 atom stereocenters. The van der Waals surface area contributed by atoms with Gasteiger partial charge in [0.25, 0.3) is 5.91 Å². The minimum atomic E-state index is -0.251. The zero-order chi connectivity index (χ0) is 13.0. The summed E-state index contributed by atoms with van der Waals surface area (Å²) in [5.74, 6) is -0.212. The molecular formula is C13H19N3O2. The summed E-state index contributed by atoms with van der Waals surface area (Å²) in [6.07, 6.45) is 2.32. The molecule has 1 aromatic heterocycles. The number of carbonyl (C=O) groups is 1. The Balaban J connectivity index is 1.90. The molecule has 1 aliphatic rings. The topological polar surface area (TPSA) is 65.2 Å². The number of nitrogens with one attached hydrogen (secondary N) is 2. The normalized spacial score (nSPS) is 19.9. The lowest BCUT2D eigenvalue weighted by atomic mass is 10.2. The Morgan fingerprint density at radius 1 is 1.56 bits per heavy atom. The van der Waals surface area contributed by atoms with Crippen LogP contribution in [0.3, 0.4) is 0 Å². The van der Waals surface area contributed by atoms with Gasteiger partial charge in [0.1, 0.15) is 5.69 Å². The fourth-order valence-electron chi connectivity index (χ4n) is 2.43. The molecule has 2 rings (SSSR count). The van der Waals surface area contributed by atoms with Gasteiger partial charge in [-0.3, -0.25) is 14.5 Å². The lowest BCUT2D eigenvalue weighted by molar-refractivity contribution is 0.0936. The summed E-state index contributed by atoms with van der Waals surface area (Å²) in [6.45, 7) is 4.90. The zero-order valence-corrected chi connectivity index (χ0v) is 10.6. The summed E-state index contributed by atoms with van der Waals surface area (Å²) in [6, 6.07) is 5.02. The minimum Gasteiger partial charge on any atom is -0.349 e. The second kappa shape index (κ2) is 5.82. The molecule has 0 aromatic carbocycles. The fraction of sp³-hybridized carbons (Fsp3) is 0.538. The average molecular weight is 249 g/mol. The molecule has 5 heteroatoms. The average Bonchev–Trinajstić information content (AvgIpc) is 2.83. The van der Waals surface area contributed by atoms with Gasteiger partial charge in [-0.05, 0) is 32.0 Å². The Morgan fingerprint density at radius 2 is 2.39 bits per heavy atom. The van der Waals surface area contributed by atoms with E-state index in [-0.39, 0.29) is 11.5 Å². The third-order valence-corrected chi connectivity index (χ3v) is 3.42. The van der Waals surface area contributed by atoms with E-state index in [0.29, 0.717) is 18.3 Å². The Labute approximate surface area is 106 Å². The van der Waals surface area contributed by atoms with Crippen LogP contribution in [0.4, 0.5) is 0 Å². The Morgan fingerprint density at radius 3 is 3.11 bits per heavy atom. The molecule has 1 amide bonds. The van der Waals surface area contributed by atoms with E-state index >= 15 is 0 Å². The van der Waals surface area contributed by atoms with Gasteiger partial charge in [-0.15, -0.1) is 0 Å². The van der Waals surface area contributed by atoms with Gasteiger partial charge in [-0.1, -0.05) is 13.0 Å². The van der Waals surface area contributed by atoms with Crippen LogP contribution in [-0.4, -0.2) is 41.5 Å². The Hall–Kier alpha value is -1.62. The molecule has 0 bridgehead atoms. The number of aromatic nitrogens is 1. The first-order chi connectivity index (χ1) is 8.70. The van der Waals surface area contributed by atoms with E-state index in [2.05, 4.69) is 22.1 Å². The van der Waals surface area contributed by atoms with Crippen molar-refractivity contribution in [2.45, 2.75) is 25.8 Å². The van der Waals surface area contributed by atoms with Crippen molar-refractivity contribution in [3.05, 3.63) is 34.2 Å². The molecule has 0 saturated carbocycles. The Bertz CT molecular complexity index is 469. The second-order valence-corrected chi connectivity index (χ2v) is 4.56. The number of nitrogens with zero attached hydrogens (tertiary/aromatic N) is 1. The number of hydrogen-bond acceptors (Lipinski definition) is 3. The van der Waals surface area contributed by atoms with Gasteiger partial charge in [-0.2, -0.15) is 0 Å². The Kier molecular flexibility index (Phi) is 4.15. The smallest absolute Gasteiger partial charge is 0.267 e. The number of aromatic amines is 1. The van der Waals surface area contributed by atoms with E-state index in [1.165, 1.54) is 12.5 Å². The number of amides is 1. The fourth-order valence-corrected chi connectivity index (χ4v) is 2.43. The van der Waals surface area contributed by atoms with Crippen LogP contribution in [0.1, 0.15) is 30.3 Å². The van der Waals surface area contributed by atoms with Crippen LogP contribution in [-0.2, 0) is 0 Å². The van der Waals surface area contributed by atoms with Crippen molar-refractivity contribution in [2.24, 2.45) is 0 Å². The van der Waals surface area contributed by atoms with Gasteiger partial charge >= 0.3 is 0 Å². The van der Waals surface area contributed by atoms with Crippen molar-refractivity contribution in [3.63, 3.8) is 0 Å². The molecule has 1 fully saturated rings. The number of likely N-dealkylation sites (N-methyl/N-ethyl adjacent to an activating group) is 1. The summed E-state index contributed by atoms with van der Waals surface area (Å²) in [7, 11) is 0. The number of rotatable bonds is 4. The SMILES string of the molecule is CCN1CCCC1CNC(=O)c1cccc(=O)[nH]1. The first kappa shape index (κ1) is 12.8. The van der Waals surface area contributed by atoms with Gasteiger partial charge in [0.15, 0.2) is 0 Å². The van der Waals surface area contributed by atoms with Crippen molar-refractivity contribution >= 4 is 5.91 Å². The number of H-pyrrole nitrogens is 1. The van der Waals surface area contributed by atoms with Crippen LogP contribution < -0.4 is 10.9 Å². The highest BCUT2D eigenvalue weighted by molar-refractivity contribution is 5.92.